The molecule has 0 aliphatic heterocycles. The van der Waals surface area contributed by atoms with Crippen molar-refractivity contribution in [1.82, 2.24) is 15.3 Å². The molecule has 0 aliphatic rings. The van der Waals surface area contributed by atoms with Crippen LogP contribution in [0.15, 0.2) is 30.3 Å². The Labute approximate surface area is 141 Å². The van der Waals surface area contributed by atoms with Gasteiger partial charge in [-0.05, 0) is 43.5 Å². The van der Waals surface area contributed by atoms with Gasteiger partial charge in [0.2, 0.25) is 5.95 Å². The highest BCUT2D eigenvalue weighted by atomic mass is 35.5. The van der Waals surface area contributed by atoms with Crippen molar-refractivity contribution in [2.45, 2.75) is 26.7 Å². The minimum atomic E-state index is -0.171. The van der Waals surface area contributed by atoms with E-state index in [4.69, 9.17) is 11.6 Å². The molecule has 0 saturated carbocycles. The van der Waals surface area contributed by atoms with Gasteiger partial charge in [-0.15, -0.1) is 0 Å². The number of nitrogens with one attached hydrogen (secondary N) is 2. The first kappa shape index (κ1) is 17.2. The van der Waals surface area contributed by atoms with Gasteiger partial charge in [0.1, 0.15) is 5.69 Å². The van der Waals surface area contributed by atoms with Crippen molar-refractivity contribution in [1.29, 1.82) is 0 Å². The number of benzene rings is 1. The lowest BCUT2D eigenvalue weighted by atomic mass is 10.1. The third-order valence-corrected chi connectivity index (χ3v) is 3.44. The molecule has 1 aromatic heterocycles. The second kappa shape index (κ2) is 8.48. The molecule has 1 amide bonds. The number of anilines is 1. The van der Waals surface area contributed by atoms with E-state index in [2.05, 4.69) is 20.6 Å². The Kier molecular flexibility index (Phi) is 6.35. The fourth-order valence-electron chi connectivity index (χ4n) is 2.10. The van der Waals surface area contributed by atoms with Gasteiger partial charge in [0.05, 0.1) is 0 Å². The van der Waals surface area contributed by atoms with Gasteiger partial charge >= 0.3 is 0 Å². The molecule has 0 bridgehead atoms. The van der Waals surface area contributed by atoms with Crippen LogP contribution in [0.3, 0.4) is 0 Å². The Morgan fingerprint density at radius 3 is 2.78 bits per heavy atom. The van der Waals surface area contributed by atoms with E-state index in [-0.39, 0.29) is 5.91 Å². The molecule has 5 nitrogen and oxygen atoms in total. The lowest BCUT2D eigenvalue weighted by Crippen LogP contribution is -2.25. The molecule has 23 heavy (non-hydrogen) atoms. The number of nitrogens with zero attached hydrogens (tertiary/aromatic N) is 2. The lowest BCUT2D eigenvalue weighted by molar-refractivity contribution is 0.0948. The summed E-state index contributed by atoms with van der Waals surface area (Å²) in [5.41, 5.74) is 2.28. The number of halogens is 1. The van der Waals surface area contributed by atoms with Crippen molar-refractivity contribution in [3.63, 3.8) is 0 Å². The molecular weight excluding hydrogens is 312 g/mol. The number of hydrogen-bond acceptors (Lipinski definition) is 4. The van der Waals surface area contributed by atoms with E-state index >= 15 is 0 Å². The van der Waals surface area contributed by atoms with Gasteiger partial charge in [-0.3, -0.25) is 4.79 Å². The number of rotatable bonds is 7. The first-order valence-corrected chi connectivity index (χ1v) is 8.08. The Bertz CT molecular complexity index is 675. The molecule has 0 spiro atoms. The zero-order valence-electron chi connectivity index (χ0n) is 13.4. The number of hydrogen-bond donors (Lipinski definition) is 2. The summed E-state index contributed by atoms with van der Waals surface area (Å²) in [5, 5.41) is 6.71. The lowest BCUT2D eigenvalue weighted by Gasteiger charge is -2.09. The number of aryl methyl sites for hydroxylation is 1. The Morgan fingerprint density at radius 2 is 2.04 bits per heavy atom. The summed E-state index contributed by atoms with van der Waals surface area (Å²) in [5.74, 6) is 0.295. The molecular formula is C17H21ClN4O. The molecule has 122 valence electrons. The van der Waals surface area contributed by atoms with Crippen molar-refractivity contribution in [3.05, 3.63) is 52.3 Å². The van der Waals surface area contributed by atoms with Crippen LogP contribution in [0.2, 0.25) is 5.02 Å². The monoisotopic (exact) mass is 332 g/mol. The van der Waals surface area contributed by atoms with Crippen molar-refractivity contribution >= 4 is 23.5 Å². The quantitative estimate of drug-likeness (QED) is 0.817. The van der Waals surface area contributed by atoms with Crippen LogP contribution in [0.5, 0.6) is 0 Å². The fraction of sp³-hybridized carbons (Fsp3) is 0.353. The predicted molar refractivity (Wildman–Crippen MR) is 93.0 cm³/mol. The summed E-state index contributed by atoms with van der Waals surface area (Å²) in [7, 11) is 0. The minimum absolute atomic E-state index is 0.171. The molecule has 1 aromatic carbocycles. The molecule has 0 radical (unpaired) electrons. The molecule has 2 rings (SSSR count). The van der Waals surface area contributed by atoms with Crippen LogP contribution in [0.4, 0.5) is 5.95 Å². The van der Waals surface area contributed by atoms with Gasteiger partial charge < -0.3 is 10.6 Å². The summed E-state index contributed by atoms with van der Waals surface area (Å²) in [6, 6.07) is 9.42. The van der Waals surface area contributed by atoms with Crippen LogP contribution >= 0.6 is 11.6 Å². The maximum Gasteiger partial charge on any atom is 0.270 e. The molecule has 0 aliphatic carbocycles. The van der Waals surface area contributed by atoms with Crippen LogP contribution in [0, 0.1) is 6.92 Å². The Morgan fingerprint density at radius 1 is 1.22 bits per heavy atom. The maximum atomic E-state index is 12.0. The van der Waals surface area contributed by atoms with Crippen LogP contribution in [-0.4, -0.2) is 29.0 Å². The zero-order valence-corrected chi connectivity index (χ0v) is 14.2. The Balaban J connectivity index is 1.97. The highest BCUT2D eigenvalue weighted by Crippen LogP contribution is 2.11. The van der Waals surface area contributed by atoms with E-state index in [1.807, 2.05) is 38.1 Å². The SMILES string of the molecule is CCCNC(=O)c1cc(C)nc(NCCc2cccc(Cl)c2)n1. The van der Waals surface area contributed by atoms with Gasteiger partial charge in [0, 0.05) is 23.8 Å². The van der Waals surface area contributed by atoms with E-state index in [0.717, 1.165) is 29.1 Å². The van der Waals surface area contributed by atoms with Crippen LogP contribution < -0.4 is 10.6 Å². The second-order valence-electron chi connectivity index (χ2n) is 5.28. The Hall–Kier alpha value is -2.14. The van der Waals surface area contributed by atoms with Crippen molar-refractivity contribution in [3.8, 4) is 0 Å². The maximum absolute atomic E-state index is 12.0. The average molecular weight is 333 g/mol. The molecule has 1 heterocycles. The summed E-state index contributed by atoms with van der Waals surface area (Å²) in [6.45, 7) is 5.16. The topological polar surface area (TPSA) is 66.9 Å². The second-order valence-corrected chi connectivity index (χ2v) is 5.72. The number of carbonyl (C=O) groups excluding carboxylic acids is 1. The van der Waals surface area contributed by atoms with Crippen LogP contribution in [-0.2, 0) is 6.42 Å². The van der Waals surface area contributed by atoms with E-state index in [9.17, 15) is 4.79 Å². The summed E-state index contributed by atoms with van der Waals surface area (Å²) < 4.78 is 0. The first-order valence-electron chi connectivity index (χ1n) is 7.70. The van der Waals surface area contributed by atoms with Crippen LogP contribution in [0.25, 0.3) is 0 Å². The van der Waals surface area contributed by atoms with Crippen molar-refractivity contribution < 1.29 is 4.79 Å². The summed E-state index contributed by atoms with van der Waals surface area (Å²) in [4.78, 5) is 20.6. The largest absolute Gasteiger partial charge is 0.354 e. The smallest absolute Gasteiger partial charge is 0.270 e. The minimum Gasteiger partial charge on any atom is -0.354 e. The summed E-state index contributed by atoms with van der Waals surface area (Å²) >= 11 is 5.97. The van der Waals surface area contributed by atoms with E-state index in [0.29, 0.717) is 24.7 Å². The fourth-order valence-corrected chi connectivity index (χ4v) is 2.32. The highest BCUT2D eigenvalue weighted by molar-refractivity contribution is 6.30. The molecule has 0 atom stereocenters. The molecule has 0 saturated heterocycles. The summed E-state index contributed by atoms with van der Waals surface area (Å²) in [6.07, 6.45) is 1.69. The van der Waals surface area contributed by atoms with Crippen molar-refractivity contribution in [2.24, 2.45) is 0 Å². The normalized spacial score (nSPS) is 10.4. The van der Waals surface area contributed by atoms with Gasteiger partial charge in [-0.1, -0.05) is 30.7 Å². The first-order chi connectivity index (χ1) is 11.1. The average Bonchev–Trinajstić information content (AvgIpc) is 2.52. The zero-order chi connectivity index (χ0) is 16.7. The molecule has 2 aromatic rings. The molecule has 2 N–H and O–H groups in total. The third-order valence-electron chi connectivity index (χ3n) is 3.21. The highest BCUT2D eigenvalue weighted by Gasteiger charge is 2.09. The number of amides is 1. The number of carbonyl (C=O) groups is 1. The van der Waals surface area contributed by atoms with Gasteiger partial charge in [-0.2, -0.15) is 0 Å². The van der Waals surface area contributed by atoms with E-state index in [1.54, 1.807) is 6.07 Å². The van der Waals surface area contributed by atoms with Crippen molar-refractivity contribution in [2.75, 3.05) is 18.4 Å². The van der Waals surface area contributed by atoms with Crippen LogP contribution in [0.1, 0.15) is 35.1 Å². The van der Waals surface area contributed by atoms with E-state index < -0.39 is 0 Å². The predicted octanol–water partition coefficient (Wildman–Crippen LogP) is 3.23. The standard InChI is InChI=1S/C17H21ClN4O/c1-3-8-19-16(23)15-10-12(2)21-17(22-15)20-9-7-13-5-4-6-14(18)11-13/h4-6,10-11H,3,7-9H2,1-2H3,(H,19,23)(H,20,21,22). The molecule has 0 unspecified atom stereocenters. The third kappa shape index (κ3) is 5.53. The van der Waals surface area contributed by atoms with Gasteiger partial charge in [-0.25, -0.2) is 9.97 Å². The number of aromatic nitrogens is 2. The van der Waals surface area contributed by atoms with E-state index in [1.165, 1.54) is 0 Å². The van der Waals surface area contributed by atoms with Gasteiger partial charge in [0.15, 0.2) is 0 Å². The molecule has 6 heteroatoms. The molecule has 0 fully saturated rings. The van der Waals surface area contributed by atoms with Gasteiger partial charge in [0.25, 0.3) is 5.91 Å².